The van der Waals surface area contributed by atoms with Crippen LogP contribution in [0.5, 0.6) is 0 Å². The molecule has 116 valence electrons. The first-order valence-corrected chi connectivity index (χ1v) is 7.69. The number of fused-ring (bicyclic) bond motifs is 1. The van der Waals surface area contributed by atoms with Crippen LogP contribution in [0.2, 0.25) is 0 Å². The molecule has 0 aliphatic heterocycles. The third-order valence-electron chi connectivity index (χ3n) is 3.94. The number of para-hydroxylation sites is 1. The van der Waals surface area contributed by atoms with Crippen LogP contribution in [-0.4, -0.2) is 16.6 Å². The Kier molecular flexibility index (Phi) is 4.24. The van der Waals surface area contributed by atoms with Crippen LogP contribution >= 0.6 is 0 Å². The topological polar surface area (TPSA) is 57.2 Å². The molecule has 0 aliphatic rings. The van der Waals surface area contributed by atoms with Crippen molar-refractivity contribution in [2.75, 3.05) is 0 Å². The molecule has 23 heavy (non-hydrogen) atoms. The number of rotatable bonds is 4. The molecular weight excluding hydrogens is 286 g/mol. The van der Waals surface area contributed by atoms with Crippen molar-refractivity contribution in [3.8, 4) is 0 Å². The van der Waals surface area contributed by atoms with E-state index >= 15 is 0 Å². The maximum absolute atomic E-state index is 12.3. The van der Waals surface area contributed by atoms with E-state index in [9.17, 15) is 4.79 Å². The molecule has 0 radical (unpaired) electrons. The molecule has 4 nitrogen and oxygen atoms in total. The zero-order valence-corrected chi connectivity index (χ0v) is 13.3. The zero-order chi connectivity index (χ0) is 16.2. The summed E-state index contributed by atoms with van der Waals surface area (Å²) < 4.78 is 0. The van der Waals surface area contributed by atoms with E-state index in [-0.39, 0.29) is 5.91 Å². The van der Waals surface area contributed by atoms with Crippen LogP contribution in [0.15, 0.2) is 59.8 Å². The highest BCUT2D eigenvalue weighted by molar-refractivity contribution is 6.07. The van der Waals surface area contributed by atoms with Crippen LogP contribution in [0.25, 0.3) is 10.9 Å². The number of aromatic amines is 1. The van der Waals surface area contributed by atoms with Gasteiger partial charge in [0.15, 0.2) is 0 Å². The maximum atomic E-state index is 12.3. The Morgan fingerprint density at radius 3 is 2.61 bits per heavy atom. The van der Waals surface area contributed by atoms with Crippen LogP contribution in [0.3, 0.4) is 0 Å². The number of amides is 1. The van der Waals surface area contributed by atoms with Gasteiger partial charge in [-0.1, -0.05) is 49.4 Å². The van der Waals surface area contributed by atoms with Crippen LogP contribution in [0.1, 0.15) is 35.3 Å². The second kappa shape index (κ2) is 6.48. The molecule has 0 spiro atoms. The molecule has 0 saturated heterocycles. The average Bonchev–Trinajstić information content (AvgIpc) is 3.03. The molecule has 2 aromatic carbocycles. The highest BCUT2D eigenvalue weighted by Crippen LogP contribution is 2.17. The second-order valence-electron chi connectivity index (χ2n) is 5.44. The summed E-state index contributed by atoms with van der Waals surface area (Å²) >= 11 is 0. The molecule has 0 bridgehead atoms. The minimum atomic E-state index is -0.216. The van der Waals surface area contributed by atoms with Gasteiger partial charge in [0, 0.05) is 17.1 Å². The maximum Gasteiger partial charge on any atom is 0.273 e. The van der Waals surface area contributed by atoms with Gasteiger partial charge in [0.25, 0.3) is 5.91 Å². The smallest absolute Gasteiger partial charge is 0.273 e. The standard InChI is InChI=1S/C19H19N3O/c1-3-14-8-10-15(11-9-14)13(2)21-22-19(23)17-12-20-18-7-5-4-6-16(17)18/h4-12,20H,3H2,1-2H3,(H,22,23). The van der Waals surface area contributed by atoms with Gasteiger partial charge in [-0.3, -0.25) is 4.79 Å². The van der Waals surface area contributed by atoms with E-state index in [4.69, 9.17) is 0 Å². The largest absolute Gasteiger partial charge is 0.360 e. The van der Waals surface area contributed by atoms with Crippen molar-refractivity contribution in [2.45, 2.75) is 20.3 Å². The van der Waals surface area contributed by atoms with Crippen LogP contribution in [0.4, 0.5) is 0 Å². The van der Waals surface area contributed by atoms with Crippen molar-refractivity contribution in [1.29, 1.82) is 0 Å². The fraction of sp³-hybridized carbons (Fsp3) is 0.158. The lowest BCUT2D eigenvalue weighted by Gasteiger charge is -2.04. The molecule has 2 N–H and O–H groups in total. The summed E-state index contributed by atoms with van der Waals surface area (Å²) in [6.07, 6.45) is 2.72. The quantitative estimate of drug-likeness (QED) is 0.557. The molecular formula is C19H19N3O. The molecule has 4 heteroatoms. The molecule has 3 aromatic rings. The van der Waals surface area contributed by atoms with Crippen molar-refractivity contribution in [2.24, 2.45) is 5.10 Å². The minimum absolute atomic E-state index is 0.216. The third-order valence-corrected chi connectivity index (χ3v) is 3.94. The number of nitrogens with zero attached hydrogens (tertiary/aromatic N) is 1. The van der Waals surface area contributed by atoms with Crippen LogP contribution in [-0.2, 0) is 6.42 Å². The van der Waals surface area contributed by atoms with Gasteiger partial charge in [-0.05, 0) is 30.5 Å². The Bertz CT molecular complexity index is 860. The Morgan fingerprint density at radius 2 is 1.87 bits per heavy atom. The molecule has 1 aromatic heterocycles. The first-order chi connectivity index (χ1) is 11.2. The van der Waals surface area contributed by atoms with E-state index < -0.39 is 0 Å². The van der Waals surface area contributed by atoms with E-state index in [2.05, 4.69) is 34.6 Å². The second-order valence-corrected chi connectivity index (χ2v) is 5.44. The van der Waals surface area contributed by atoms with Crippen molar-refractivity contribution in [3.05, 3.63) is 71.4 Å². The number of H-pyrrole nitrogens is 1. The Labute approximate surface area is 135 Å². The van der Waals surface area contributed by atoms with Crippen molar-refractivity contribution in [1.82, 2.24) is 10.4 Å². The van der Waals surface area contributed by atoms with Gasteiger partial charge in [0.1, 0.15) is 0 Å². The Hall–Kier alpha value is -2.88. The van der Waals surface area contributed by atoms with Crippen LogP contribution < -0.4 is 5.43 Å². The minimum Gasteiger partial charge on any atom is -0.360 e. The van der Waals surface area contributed by atoms with Gasteiger partial charge in [0.2, 0.25) is 0 Å². The molecule has 3 rings (SSSR count). The fourth-order valence-corrected chi connectivity index (χ4v) is 2.50. The first-order valence-electron chi connectivity index (χ1n) is 7.69. The number of hydrogen-bond donors (Lipinski definition) is 2. The number of aryl methyl sites for hydroxylation is 1. The molecule has 0 unspecified atom stereocenters. The molecule has 0 saturated carbocycles. The molecule has 1 amide bonds. The van der Waals surface area contributed by atoms with E-state index in [1.807, 2.05) is 43.3 Å². The number of hydrazone groups is 1. The first kappa shape index (κ1) is 15.0. The van der Waals surface area contributed by atoms with Crippen molar-refractivity contribution >= 4 is 22.5 Å². The monoisotopic (exact) mass is 305 g/mol. The Morgan fingerprint density at radius 1 is 1.13 bits per heavy atom. The van der Waals surface area contributed by atoms with E-state index in [1.54, 1.807) is 6.20 Å². The van der Waals surface area contributed by atoms with Gasteiger partial charge >= 0.3 is 0 Å². The summed E-state index contributed by atoms with van der Waals surface area (Å²) in [7, 11) is 0. The van der Waals surface area contributed by atoms with Gasteiger partial charge in [0.05, 0.1) is 11.3 Å². The van der Waals surface area contributed by atoms with Gasteiger partial charge < -0.3 is 4.98 Å². The highest BCUT2D eigenvalue weighted by atomic mass is 16.2. The van der Waals surface area contributed by atoms with Gasteiger partial charge in [-0.25, -0.2) is 5.43 Å². The lowest BCUT2D eigenvalue weighted by Crippen LogP contribution is -2.19. The van der Waals surface area contributed by atoms with E-state index in [1.165, 1.54) is 5.56 Å². The fourth-order valence-electron chi connectivity index (χ4n) is 2.50. The molecule has 1 heterocycles. The molecule has 0 aliphatic carbocycles. The number of carbonyl (C=O) groups excluding carboxylic acids is 1. The summed E-state index contributed by atoms with van der Waals surface area (Å²) in [5, 5.41) is 5.11. The lowest BCUT2D eigenvalue weighted by atomic mass is 10.1. The number of nitrogens with one attached hydrogen (secondary N) is 2. The average molecular weight is 305 g/mol. The third kappa shape index (κ3) is 3.16. The van der Waals surface area contributed by atoms with Crippen molar-refractivity contribution < 1.29 is 4.79 Å². The summed E-state index contributed by atoms with van der Waals surface area (Å²) in [5.74, 6) is -0.216. The predicted molar refractivity (Wildman–Crippen MR) is 93.8 cm³/mol. The highest BCUT2D eigenvalue weighted by Gasteiger charge is 2.11. The van der Waals surface area contributed by atoms with Crippen molar-refractivity contribution in [3.63, 3.8) is 0 Å². The lowest BCUT2D eigenvalue weighted by molar-refractivity contribution is 0.0956. The van der Waals surface area contributed by atoms with E-state index in [0.717, 1.165) is 28.6 Å². The van der Waals surface area contributed by atoms with Gasteiger partial charge in [-0.15, -0.1) is 0 Å². The summed E-state index contributed by atoms with van der Waals surface area (Å²) in [4.78, 5) is 15.4. The summed E-state index contributed by atoms with van der Waals surface area (Å²) in [6, 6.07) is 15.9. The van der Waals surface area contributed by atoms with Crippen LogP contribution in [0, 0.1) is 0 Å². The summed E-state index contributed by atoms with van der Waals surface area (Å²) in [6.45, 7) is 4.01. The normalized spacial score (nSPS) is 11.7. The van der Waals surface area contributed by atoms with Gasteiger partial charge in [-0.2, -0.15) is 5.10 Å². The molecule has 0 atom stereocenters. The number of hydrogen-bond acceptors (Lipinski definition) is 2. The SMILES string of the molecule is CCc1ccc(C(C)=NNC(=O)c2c[nH]c3ccccc23)cc1. The number of aromatic nitrogens is 1. The number of benzene rings is 2. The van der Waals surface area contributed by atoms with E-state index in [0.29, 0.717) is 5.56 Å². The zero-order valence-electron chi connectivity index (χ0n) is 13.3. The summed E-state index contributed by atoms with van der Waals surface area (Å²) in [5.41, 5.74) is 7.23. The number of carbonyl (C=O) groups is 1. The Balaban J connectivity index is 1.76. The molecule has 0 fully saturated rings. The predicted octanol–water partition coefficient (Wildman–Crippen LogP) is 3.88.